The predicted molar refractivity (Wildman–Crippen MR) is 54.7 cm³/mol. The minimum atomic E-state index is -1.02. The molecule has 0 bridgehead atoms. The highest BCUT2D eigenvalue weighted by molar-refractivity contribution is 5.86. The first kappa shape index (κ1) is 11.2. The van der Waals surface area contributed by atoms with Crippen molar-refractivity contribution < 1.29 is 14.7 Å². The van der Waals surface area contributed by atoms with Crippen molar-refractivity contribution in [1.82, 2.24) is 9.78 Å². The third kappa shape index (κ3) is 2.31. The molecule has 0 aliphatic carbocycles. The summed E-state index contributed by atoms with van der Waals surface area (Å²) < 4.78 is 1.26. The van der Waals surface area contributed by atoms with Crippen molar-refractivity contribution in [2.45, 2.75) is 20.8 Å². The molecule has 0 spiro atoms. The first-order valence-electron chi connectivity index (χ1n) is 4.41. The molecular formula is C10H12N2O3. The number of hydrogen-bond donors (Lipinski definition) is 1. The first-order chi connectivity index (χ1) is 6.93. The van der Waals surface area contributed by atoms with Gasteiger partial charge < -0.3 is 5.11 Å². The van der Waals surface area contributed by atoms with Crippen molar-refractivity contribution in [2.24, 2.45) is 0 Å². The van der Waals surface area contributed by atoms with E-state index in [1.54, 1.807) is 13.8 Å². The maximum atomic E-state index is 11.1. The Labute approximate surface area is 87.0 Å². The molecule has 0 fully saturated rings. The highest BCUT2D eigenvalue weighted by atomic mass is 16.4. The van der Waals surface area contributed by atoms with E-state index < -0.39 is 5.97 Å². The molecule has 15 heavy (non-hydrogen) atoms. The first-order valence-corrected chi connectivity index (χ1v) is 4.41. The van der Waals surface area contributed by atoms with Crippen LogP contribution in [0.5, 0.6) is 0 Å². The lowest BCUT2D eigenvalue weighted by Gasteiger charge is -1.96. The van der Waals surface area contributed by atoms with Gasteiger partial charge in [-0.3, -0.25) is 4.79 Å². The van der Waals surface area contributed by atoms with Crippen molar-refractivity contribution in [3.05, 3.63) is 23.0 Å². The van der Waals surface area contributed by atoms with E-state index in [-0.39, 0.29) is 5.91 Å². The maximum absolute atomic E-state index is 11.1. The summed E-state index contributed by atoms with van der Waals surface area (Å²) in [4.78, 5) is 21.5. The summed E-state index contributed by atoms with van der Waals surface area (Å²) in [6, 6.07) is 0. The number of aliphatic carboxylic acids is 1. The van der Waals surface area contributed by atoms with E-state index in [9.17, 15) is 9.59 Å². The van der Waals surface area contributed by atoms with E-state index in [0.717, 1.165) is 6.08 Å². The van der Waals surface area contributed by atoms with E-state index in [2.05, 4.69) is 5.10 Å². The Kier molecular flexibility index (Phi) is 3.04. The molecule has 0 aromatic carbocycles. The molecule has 1 rings (SSSR count). The van der Waals surface area contributed by atoms with Crippen LogP contribution in [0.2, 0.25) is 0 Å². The van der Waals surface area contributed by atoms with Gasteiger partial charge in [0.25, 0.3) is 0 Å². The second-order valence-corrected chi connectivity index (χ2v) is 3.19. The number of carbonyl (C=O) groups excluding carboxylic acids is 1. The summed E-state index contributed by atoms with van der Waals surface area (Å²) in [6.45, 7) is 4.86. The molecule has 0 amide bonds. The smallest absolute Gasteiger partial charge is 0.328 e. The molecule has 0 aliphatic rings. The minimum Gasteiger partial charge on any atom is -0.478 e. The van der Waals surface area contributed by atoms with Crippen LogP contribution in [0.3, 0.4) is 0 Å². The summed E-state index contributed by atoms with van der Waals surface area (Å²) >= 11 is 0. The SMILES string of the molecule is CC(=O)n1nc(C)c(/C=C\C(=O)O)c1C. The van der Waals surface area contributed by atoms with Crippen LogP contribution in [0.4, 0.5) is 0 Å². The summed E-state index contributed by atoms with van der Waals surface area (Å²) in [5.41, 5.74) is 1.96. The third-order valence-electron chi connectivity index (χ3n) is 2.04. The second kappa shape index (κ2) is 4.08. The highest BCUT2D eigenvalue weighted by Gasteiger charge is 2.11. The Morgan fingerprint density at radius 1 is 1.40 bits per heavy atom. The number of hydrogen-bond acceptors (Lipinski definition) is 3. The van der Waals surface area contributed by atoms with E-state index in [1.807, 2.05) is 0 Å². The summed E-state index contributed by atoms with van der Waals surface area (Å²) in [6.07, 6.45) is 2.47. The highest BCUT2D eigenvalue weighted by Crippen LogP contribution is 2.14. The number of rotatable bonds is 2. The maximum Gasteiger partial charge on any atom is 0.328 e. The fourth-order valence-corrected chi connectivity index (χ4v) is 1.36. The normalized spacial score (nSPS) is 10.9. The lowest BCUT2D eigenvalue weighted by Crippen LogP contribution is -2.09. The topological polar surface area (TPSA) is 72.2 Å². The van der Waals surface area contributed by atoms with E-state index >= 15 is 0 Å². The van der Waals surface area contributed by atoms with Gasteiger partial charge in [0.2, 0.25) is 5.91 Å². The summed E-state index contributed by atoms with van der Waals surface area (Å²) in [5.74, 6) is -1.21. The van der Waals surface area contributed by atoms with E-state index in [0.29, 0.717) is 17.0 Å². The fraction of sp³-hybridized carbons (Fsp3) is 0.300. The van der Waals surface area contributed by atoms with Gasteiger partial charge in [0.05, 0.1) is 11.4 Å². The molecule has 0 saturated carbocycles. The molecule has 1 heterocycles. The van der Waals surface area contributed by atoms with Crippen molar-refractivity contribution in [1.29, 1.82) is 0 Å². The molecule has 0 radical (unpaired) electrons. The monoisotopic (exact) mass is 208 g/mol. The zero-order valence-electron chi connectivity index (χ0n) is 8.81. The number of carboxylic acids is 1. The van der Waals surface area contributed by atoms with Gasteiger partial charge in [0.15, 0.2) is 0 Å². The Bertz CT molecular complexity index is 444. The Morgan fingerprint density at radius 2 is 2.00 bits per heavy atom. The van der Waals surface area contributed by atoms with Crippen LogP contribution in [0, 0.1) is 13.8 Å². The number of carbonyl (C=O) groups is 2. The van der Waals surface area contributed by atoms with E-state index in [4.69, 9.17) is 5.11 Å². The predicted octanol–water partition coefficient (Wildman–Crippen LogP) is 1.26. The molecule has 0 atom stereocenters. The molecular weight excluding hydrogens is 196 g/mol. The third-order valence-corrected chi connectivity index (χ3v) is 2.04. The van der Waals surface area contributed by atoms with Crippen LogP contribution in [-0.2, 0) is 4.79 Å². The minimum absolute atomic E-state index is 0.189. The molecule has 0 aliphatic heterocycles. The van der Waals surface area contributed by atoms with Crippen LogP contribution in [0.1, 0.15) is 28.7 Å². The van der Waals surface area contributed by atoms with Crippen LogP contribution >= 0.6 is 0 Å². The lowest BCUT2D eigenvalue weighted by atomic mass is 10.2. The number of carboxylic acid groups (broad SMARTS) is 1. The average Bonchev–Trinajstić information content (AvgIpc) is 2.39. The van der Waals surface area contributed by atoms with Crippen LogP contribution in [0.25, 0.3) is 6.08 Å². The zero-order chi connectivity index (χ0) is 11.6. The van der Waals surface area contributed by atoms with Gasteiger partial charge in [-0.15, -0.1) is 0 Å². The lowest BCUT2D eigenvalue weighted by molar-refractivity contribution is -0.131. The summed E-state index contributed by atoms with van der Waals surface area (Å²) in [5, 5.41) is 12.5. The van der Waals surface area contributed by atoms with Crippen molar-refractivity contribution >= 4 is 18.0 Å². The molecule has 1 aromatic rings. The quantitative estimate of drug-likeness (QED) is 0.742. The van der Waals surface area contributed by atoms with Crippen LogP contribution in [-0.4, -0.2) is 26.8 Å². The Balaban J connectivity index is 3.19. The molecule has 1 N–H and O–H groups in total. The fourth-order valence-electron chi connectivity index (χ4n) is 1.36. The van der Waals surface area contributed by atoms with Gasteiger partial charge in [-0.05, 0) is 19.9 Å². The van der Waals surface area contributed by atoms with Gasteiger partial charge in [0.1, 0.15) is 0 Å². The Morgan fingerprint density at radius 3 is 2.40 bits per heavy atom. The Hall–Kier alpha value is -1.91. The number of aryl methyl sites for hydroxylation is 1. The van der Waals surface area contributed by atoms with Crippen molar-refractivity contribution in [3.8, 4) is 0 Å². The molecule has 80 valence electrons. The van der Waals surface area contributed by atoms with Gasteiger partial charge >= 0.3 is 5.97 Å². The van der Waals surface area contributed by atoms with Crippen molar-refractivity contribution in [3.63, 3.8) is 0 Å². The average molecular weight is 208 g/mol. The van der Waals surface area contributed by atoms with Gasteiger partial charge in [-0.1, -0.05) is 0 Å². The molecule has 5 heteroatoms. The molecule has 0 unspecified atom stereocenters. The number of aromatic nitrogens is 2. The standard InChI is InChI=1S/C10H12N2O3/c1-6-9(4-5-10(14)15)7(2)12(11-6)8(3)13/h4-5H,1-3H3,(H,14,15)/b5-4-. The second-order valence-electron chi connectivity index (χ2n) is 3.19. The number of nitrogens with zero attached hydrogens (tertiary/aromatic N) is 2. The largest absolute Gasteiger partial charge is 0.478 e. The molecule has 0 saturated heterocycles. The van der Waals surface area contributed by atoms with Gasteiger partial charge in [0, 0.05) is 18.6 Å². The molecule has 5 nitrogen and oxygen atoms in total. The van der Waals surface area contributed by atoms with Crippen LogP contribution in [0.15, 0.2) is 6.08 Å². The summed E-state index contributed by atoms with van der Waals surface area (Å²) in [7, 11) is 0. The van der Waals surface area contributed by atoms with Crippen molar-refractivity contribution in [2.75, 3.05) is 0 Å². The van der Waals surface area contributed by atoms with Crippen LogP contribution < -0.4 is 0 Å². The van der Waals surface area contributed by atoms with Gasteiger partial charge in [-0.2, -0.15) is 5.10 Å². The zero-order valence-corrected chi connectivity index (χ0v) is 8.81. The van der Waals surface area contributed by atoms with Gasteiger partial charge in [-0.25, -0.2) is 9.48 Å². The molecule has 1 aromatic heterocycles. The van der Waals surface area contributed by atoms with E-state index in [1.165, 1.54) is 17.7 Å².